The molecule has 0 amide bonds. The Bertz CT molecular complexity index is 94.0. The Labute approximate surface area is 79.2 Å². The molecule has 0 aliphatic carbocycles. The molecular weight excluding hydrogens is 164 g/mol. The molecule has 0 unspecified atom stereocenters. The number of hydrogen-bond donors (Lipinski definition) is 0. The van der Waals surface area contributed by atoms with Crippen LogP contribution in [0.5, 0.6) is 0 Å². The molecular formula is C10H24OSi. The quantitative estimate of drug-likeness (QED) is 0.459. The van der Waals surface area contributed by atoms with Crippen LogP contribution >= 0.6 is 0 Å². The van der Waals surface area contributed by atoms with Gasteiger partial charge < -0.3 is 4.43 Å². The van der Waals surface area contributed by atoms with Crippen molar-refractivity contribution in [3.63, 3.8) is 0 Å². The summed E-state index contributed by atoms with van der Waals surface area (Å²) in [5.74, 6) is 0. The second kappa shape index (κ2) is 6.67. The van der Waals surface area contributed by atoms with E-state index >= 15 is 0 Å². The van der Waals surface area contributed by atoms with Gasteiger partial charge in [-0.25, -0.2) is 0 Å². The Morgan fingerprint density at radius 1 is 1.08 bits per heavy atom. The van der Waals surface area contributed by atoms with Crippen LogP contribution in [-0.2, 0) is 4.43 Å². The Hall–Kier alpha value is 0.177. The summed E-state index contributed by atoms with van der Waals surface area (Å²) in [7, 11) is -0.912. The van der Waals surface area contributed by atoms with Crippen molar-refractivity contribution in [1.29, 1.82) is 0 Å². The van der Waals surface area contributed by atoms with Gasteiger partial charge >= 0.3 is 0 Å². The Morgan fingerprint density at radius 3 is 1.92 bits per heavy atom. The molecule has 1 nitrogen and oxygen atoms in total. The van der Waals surface area contributed by atoms with Crippen LogP contribution in [0.1, 0.15) is 47.5 Å². The van der Waals surface area contributed by atoms with E-state index in [9.17, 15) is 0 Å². The van der Waals surface area contributed by atoms with Gasteiger partial charge in [0.25, 0.3) is 0 Å². The lowest BCUT2D eigenvalue weighted by molar-refractivity contribution is 0.299. The molecule has 0 atom stereocenters. The maximum Gasteiger partial charge on any atom is 0.181 e. The van der Waals surface area contributed by atoms with E-state index in [4.69, 9.17) is 4.43 Å². The molecule has 0 aromatic heterocycles. The van der Waals surface area contributed by atoms with Crippen LogP contribution in [0.15, 0.2) is 0 Å². The summed E-state index contributed by atoms with van der Waals surface area (Å²) in [6.07, 6.45) is 2.47. The highest BCUT2D eigenvalue weighted by atomic mass is 28.3. The van der Waals surface area contributed by atoms with Gasteiger partial charge in [0.2, 0.25) is 0 Å². The zero-order valence-electron chi connectivity index (χ0n) is 9.26. The second-order valence-electron chi connectivity index (χ2n) is 4.18. The van der Waals surface area contributed by atoms with Gasteiger partial charge in [0.1, 0.15) is 0 Å². The first kappa shape index (κ1) is 12.2. The van der Waals surface area contributed by atoms with Crippen molar-refractivity contribution in [3.05, 3.63) is 0 Å². The first-order valence-electron chi connectivity index (χ1n) is 5.21. The van der Waals surface area contributed by atoms with Crippen LogP contribution < -0.4 is 0 Å². The van der Waals surface area contributed by atoms with Crippen molar-refractivity contribution in [2.24, 2.45) is 0 Å². The minimum atomic E-state index is -0.912. The molecule has 0 saturated carbocycles. The van der Waals surface area contributed by atoms with Gasteiger partial charge in [-0.05, 0) is 17.5 Å². The molecule has 0 rings (SSSR count). The van der Waals surface area contributed by atoms with Gasteiger partial charge in [0, 0.05) is 6.61 Å². The largest absolute Gasteiger partial charge is 0.420 e. The molecule has 0 aromatic carbocycles. The molecule has 0 fully saturated rings. The molecule has 0 heterocycles. The standard InChI is InChI=1S/C10H24OSi/c1-6-7-8-11-12(9(2)3)10(4)5/h9-10,12H,6-8H2,1-5H3. The van der Waals surface area contributed by atoms with Crippen LogP contribution in [-0.4, -0.2) is 15.6 Å². The Kier molecular flexibility index (Phi) is 6.77. The zero-order valence-corrected chi connectivity index (χ0v) is 10.4. The lowest BCUT2D eigenvalue weighted by Gasteiger charge is -2.23. The van der Waals surface area contributed by atoms with Gasteiger partial charge in [-0.3, -0.25) is 0 Å². The van der Waals surface area contributed by atoms with E-state index < -0.39 is 9.04 Å². The van der Waals surface area contributed by atoms with Gasteiger partial charge in [-0.2, -0.15) is 0 Å². The number of hydrogen-bond acceptors (Lipinski definition) is 1. The van der Waals surface area contributed by atoms with E-state index in [1.165, 1.54) is 12.8 Å². The second-order valence-corrected chi connectivity index (χ2v) is 8.11. The topological polar surface area (TPSA) is 9.23 Å². The van der Waals surface area contributed by atoms with Gasteiger partial charge in [0.15, 0.2) is 9.04 Å². The summed E-state index contributed by atoms with van der Waals surface area (Å²) in [5, 5.41) is 0. The van der Waals surface area contributed by atoms with Gasteiger partial charge in [-0.1, -0.05) is 41.0 Å². The minimum Gasteiger partial charge on any atom is -0.420 e. The third-order valence-corrected chi connectivity index (χ3v) is 5.37. The maximum absolute atomic E-state index is 5.94. The van der Waals surface area contributed by atoms with E-state index in [1.54, 1.807) is 0 Å². The Balaban J connectivity index is 3.64. The average molecular weight is 188 g/mol. The predicted molar refractivity (Wildman–Crippen MR) is 58.2 cm³/mol. The summed E-state index contributed by atoms with van der Waals surface area (Å²) in [4.78, 5) is 0. The lowest BCUT2D eigenvalue weighted by Crippen LogP contribution is -2.25. The first-order chi connectivity index (χ1) is 5.59. The highest BCUT2D eigenvalue weighted by Crippen LogP contribution is 2.20. The van der Waals surface area contributed by atoms with Gasteiger partial charge in [0.05, 0.1) is 0 Å². The number of unbranched alkanes of at least 4 members (excludes halogenated alkanes) is 1. The molecule has 12 heavy (non-hydrogen) atoms. The summed E-state index contributed by atoms with van der Waals surface area (Å²) in [6, 6.07) is 0. The van der Waals surface area contributed by atoms with Crippen LogP contribution in [0.3, 0.4) is 0 Å². The van der Waals surface area contributed by atoms with Crippen molar-refractivity contribution in [2.45, 2.75) is 58.5 Å². The summed E-state index contributed by atoms with van der Waals surface area (Å²) < 4.78 is 5.94. The SMILES string of the molecule is CCCCO[SiH](C(C)C)C(C)C. The number of rotatable bonds is 6. The van der Waals surface area contributed by atoms with Crippen LogP contribution in [0.25, 0.3) is 0 Å². The van der Waals surface area contributed by atoms with E-state index in [2.05, 4.69) is 34.6 Å². The molecule has 0 aliphatic rings. The maximum atomic E-state index is 5.94. The normalized spacial score (nSPS) is 12.0. The van der Waals surface area contributed by atoms with Crippen molar-refractivity contribution in [1.82, 2.24) is 0 Å². The fraction of sp³-hybridized carbons (Fsp3) is 1.00. The highest BCUT2D eigenvalue weighted by Gasteiger charge is 2.20. The molecule has 74 valence electrons. The monoisotopic (exact) mass is 188 g/mol. The third kappa shape index (κ3) is 4.94. The molecule has 0 saturated heterocycles. The molecule has 0 aliphatic heterocycles. The van der Waals surface area contributed by atoms with E-state index in [1.807, 2.05) is 0 Å². The van der Waals surface area contributed by atoms with Crippen molar-refractivity contribution >= 4 is 9.04 Å². The van der Waals surface area contributed by atoms with Crippen LogP contribution in [0.4, 0.5) is 0 Å². The van der Waals surface area contributed by atoms with Crippen molar-refractivity contribution < 1.29 is 4.43 Å². The Morgan fingerprint density at radius 2 is 1.58 bits per heavy atom. The summed E-state index contributed by atoms with van der Waals surface area (Å²) >= 11 is 0. The molecule has 0 N–H and O–H groups in total. The van der Waals surface area contributed by atoms with E-state index in [0.717, 1.165) is 17.7 Å². The average Bonchev–Trinajstić information content (AvgIpc) is 1.96. The fourth-order valence-corrected chi connectivity index (χ4v) is 4.27. The first-order valence-corrected chi connectivity index (χ1v) is 7.01. The van der Waals surface area contributed by atoms with Crippen molar-refractivity contribution in [2.75, 3.05) is 6.61 Å². The molecule has 0 radical (unpaired) electrons. The summed E-state index contributed by atoms with van der Waals surface area (Å²) in [5.41, 5.74) is 1.56. The minimum absolute atomic E-state index is 0.779. The molecule has 0 aromatic rings. The molecule has 0 spiro atoms. The molecule has 2 heteroatoms. The van der Waals surface area contributed by atoms with Crippen LogP contribution in [0.2, 0.25) is 11.1 Å². The van der Waals surface area contributed by atoms with E-state index in [-0.39, 0.29) is 0 Å². The van der Waals surface area contributed by atoms with Crippen LogP contribution in [0, 0.1) is 0 Å². The third-order valence-electron chi connectivity index (χ3n) is 2.12. The summed E-state index contributed by atoms with van der Waals surface area (Å²) in [6.45, 7) is 12.4. The fourth-order valence-electron chi connectivity index (χ4n) is 1.52. The smallest absolute Gasteiger partial charge is 0.181 e. The highest BCUT2D eigenvalue weighted by molar-refractivity contribution is 6.54. The van der Waals surface area contributed by atoms with Gasteiger partial charge in [-0.15, -0.1) is 0 Å². The predicted octanol–water partition coefficient (Wildman–Crippen LogP) is 3.35. The van der Waals surface area contributed by atoms with Crippen molar-refractivity contribution in [3.8, 4) is 0 Å². The lowest BCUT2D eigenvalue weighted by atomic mass is 10.4. The molecule has 0 bridgehead atoms. The zero-order chi connectivity index (χ0) is 9.56. The van der Waals surface area contributed by atoms with E-state index in [0.29, 0.717) is 0 Å².